The first-order valence-electron chi connectivity index (χ1n) is 7.93. The van der Waals surface area contributed by atoms with Crippen LogP contribution in [0.25, 0.3) is 0 Å². The Labute approximate surface area is 136 Å². The summed E-state index contributed by atoms with van der Waals surface area (Å²) in [6.45, 7) is 7.04. The predicted octanol–water partition coefficient (Wildman–Crippen LogP) is 6.57. The van der Waals surface area contributed by atoms with Crippen LogP contribution in [0.1, 0.15) is 59.3 Å². The number of halogens is 1. The van der Waals surface area contributed by atoms with Crippen molar-refractivity contribution in [2.24, 2.45) is 0 Å². The molecule has 0 saturated heterocycles. The van der Waals surface area contributed by atoms with Crippen LogP contribution >= 0.6 is 27.3 Å². The van der Waals surface area contributed by atoms with Gasteiger partial charge in [0.25, 0.3) is 0 Å². The standard InChI is InChI=1S/C4H2BrS.3C4H9.Sn/c5-4-1-2-6-3-4;3*1-3-4-2;/h1-2H;3*1,3-4H2,2H3;. The van der Waals surface area contributed by atoms with Gasteiger partial charge in [0, 0.05) is 0 Å². The summed E-state index contributed by atoms with van der Waals surface area (Å²) in [6, 6.07) is 2.29. The predicted molar refractivity (Wildman–Crippen MR) is 96.6 cm³/mol. The number of thiophene rings is 1. The van der Waals surface area contributed by atoms with E-state index in [1.807, 2.05) is 2.89 Å². The van der Waals surface area contributed by atoms with Gasteiger partial charge in [-0.3, -0.25) is 0 Å². The van der Waals surface area contributed by atoms with Crippen molar-refractivity contribution in [3.05, 3.63) is 15.9 Å². The third-order valence-corrected chi connectivity index (χ3v) is 25.5. The molecule has 1 aromatic heterocycles. The van der Waals surface area contributed by atoms with Gasteiger partial charge in [-0.25, -0.2) is 0 Å². The van der Waals surface area contributed by atoms with Crippen molar-refractivity contribution in [2.45, 2.75) is 72.6 Å². The molecule has 1 heterocycles. The number of hydrogen-bond acceptors (Lipinski definition) is 1. The number of rotatable bonds is 10. The Morgan fingerprint density at radius 2 is 1.42 bits per heavy atom. The molecule has 0 fully saturated rings. The van der Waals surface area contributed by atoms with Crippen LogP contribution in [0.15, 0.2) is 15.9 Å². The zero-order valence-corrected chi connectivity index (χ0v) is 18.1. The minimum atomic E-state index is -2.12. The van der Waals surface area contributed by atoms with E-state index >= 15 is 0 Å². The fourth-order valence-corrected chi connectivity index (χ4v) is 26.5. The van der Waals surface area contributed by atoms with Gasteiger partial charge in [0.15, 0.2) is 0 Å². The zero-order valence-electron chi connectivity index (χ0n) is 12.8. The maximum atomic E-state index is 3.84. The molecule has 0 aromatic carbocycles. The first kappa shape index (κ1) is 18.0. The van der Waals surface area contributed by atoms with E-state index in [1.165, 1.54) is 43.0 Å². The Morgan fingerprint density at radius 1 is 0.947 bits per heavy atom. The topological polar surface area (TPSA) is 0 Å². The summed E-state index contributed by atoms with van der Waals surface area (Å²) < 4.78 is 7.99. The van der Waals surface area contributed by atoms with E-state index in [4.69, 9.17) is 0 Å². The normalized spacial score (nSPS) is 12.0. The zero-order chi connectivity index (χ0) is 14.1. The molecule has 1 aromatic rings. The summed E-state index contributed by atoms with van der Waals surface area (Å²) in [6.07, 6.45) is 8.44. The van der Waals surface area contributed by atoms with Gasteiger partial charge >= 0.3 is 137 Å². The molecule has 0 aliphatic carbocycles. The van der Waals surface area contributed by atoms with E-state index in [2.05, 4.69) is 59.5 Å². The van der Waals surface area contributed by atoms with Crippen molar-refractivity contribution >= 4 is 48.5 Å². The summed E-state index contributed by atoms with van der Waals surface area (Å²) >= 11 is 3.77. The first-order chi connectivity index (χ1) is 9.20. The van der Waals surface area contributed by atoms with Crippen molar-refractivity contribution in [3.63, 3.8) is 0 Å². The molecule has 0 aliphatic heterocycles. The van der Waals surface area contributed by atoms with Gasteiger partial charge < -0.3 is 0 Å². The molecule has 0 saturated carbocycles. The second-order valence-corrected chi connectivity index (χ2v) is 21.5. The molecule has 0 bridgehead atoms. The molecular formula is C16H29BrSSn. The minimum absolute atomic E-state index is 1.36. The van der Waals surface area contributed by atoms with E-state index < -0.39 is 18.4 Å². The van der Waals surface area contributed by atoms with Gasteiger partial charge in [0.2, 0.25) is 0 Å². The Balaban J connectivity index is 2.97. The van der Waals surface area contributed by atoms with Crippen molar-refractivity contribution in [1.29, 1.82) is 0 Å². The third-order valence-electron chi connectivity index (χ3n) is 4.13. The van der Waals surface area contributed by atoms with E-state index in [0.717, 1.165) is 0 Å². The second-order valence-electron chi connectivity index (χ2n) is 5.69. The van der Waals surface area contributed by atoms with Gasteiger partial charge in [-0.2, -0.15) is 0 Å². The van der Waals surface area contributed by atoms with Gasteiger partial charge in [-0.15, -0.1) is 0 Å². The summed E-state index contributed by atoms with van der Waals surface area (Å²) in [5.74, 6) is 0. The van der Waals surface area contributed by atoms with E-state index in [9.17, 15) is 0 Å². The molecule has 1 rings (SSSR count). The number of hydrogen-bond donors (Lipinski definition) is 0. The van der Waals surface area contributed by atoms with Crippen LogP contribution in [-0.4, -0.2) is 18.4 Å². The van der Waals surface area contributed by atoms with Crippen molar-refractivity contribution < 1.29 is 0 Å². The second kappa shape index (κ2) is 9.83. The summed E-state index contributed by atoms with van der Waals surface area (Å²) in [5, 5.41) is 2.30. The van der Waals surface area contributed by atoms with Gasteiger partial charge in [-0.1, -0.05) is 0 Å². The molecule has 3 heteroatoms. The average molecular weight is 452 g/mol. The van der Waals surface area contributed by atoms with Crippen LogP contribution in [0.4, 0.5) is 0 Å². The molecule has 0 spiro atoms. The molecule has 0 N–H and O–H groups in total. The van der Waals surface area contributed by atoms with Crippen LogP contribution in [0.5, 0.6) is 0 Å². The average Bonchev–Trinajstić information content (AvgIpc) is 2.85. The van der Waals surface area contributed by atoms with Crippen LogP contribution < -0.4 is 2.89 Å². The van der Waals surface area contributed by atoms with E-state index in [0.29, 0.717) is 0 Å². The van der Waals surface area contributed by atoms with Crippen molar-refractivity contribution in [3.8, 4) is 0 Å². The van der Waals surface area contributed by atoms with Crippen LogP contribution in [0.3, 0.4) is 0 Å². The summed E-state index contributed by atoms with van der Waals surface area (Å²) in [4.78, 5) is 0. The maximum absolute atomic E-state index is 3.84. The Bertz CT molecular complexity index is 326. The molecule has 0 radical (unpaired) electrons. The van der Waals surface area contributed by atoms with E-state index in [1.54, 1.807) is 13.3 Å². The third kappa shape index (κ3) is 5.35. The number of unbranched alkanes of at least 4 members (excludes halogenated alkanes) is 3. The summed E-state index contributed by atoms with van der Waals surface area (Å²) in [5.41, 5.74) is 0. The molecule has 110 valence electrons. The Hall–Kier alpha value is 0.979. The van der Waals surface area contributed by atoms with Crippen LogP contribution in [0.2, 0.25) is 13.3 Å². The first-order valence-corrected chi connectivity index (χ1v) is 17.1. The fraction of sp³-hybridized carbons (Fsp3) is 0.750. The molecule has 0 unspecified atom stereocenters. The van der Waals surface area contributed by atoms with Crippen LogP contribution in [-0.2, 0) is 0 Å². The van der Waals surface area contributed by atoms with Gasteiger partial charge in [0.05, 0.1) is 0 Å². The van der Waals surface area contributed by atoms with Crippen molar-refractivity contribution in [2.75, 3.05) is 0 Å². The van der Waals surface area contributed by atoms with Gasteiger partial charge in [-0.05, 0) is 0 Å². The van der Waals surface area contributed by atoms with Crippen LogP contribution in [0, 0.1) is 0 Å². The fourth-order valence-electron chi connectivity index (χ4n) is 2.93. The Kier molecular flexibility index (Phi) is 9.33. The SMILES string of the molecule is CCC[CH2][Sn]([CH2]CCC)([CH2]CCC)[c]1sccc1Br. The molecule has 0 amide bonds. The van der Waals surface area contributed by atoms with Gasteiger partial charge in [0.1, 0.15) is 0 Å². The molecule has 0 nitrogen and oxygen atoms in total. The molecular weight excluding hydrogens is 423 g/mol. The van der Waals surface area contributed by atoms with Crippen molar-refractivity contribution in [1.82, 2.24) is 0 Å². The molecule has 19 heavy (non-hydrogen) atoms. The molecule has 0 atom stereocenters. The summed E-state index contributed by atoms with van der Waals surface area (Å²) in [7, 11) is 0. The quantitative estimate of drug-likeness (QED) is 0.353. The monoisotopic (exact) mass is 452 g/mol. The van der Waals surface area contributed by atoms with E-state index in [-0.39, 0.29) is 0 Å². The Morgan fingerprint density at radius 3 is 1.74 bits per heavy atom. The molecule has 0 aliphatic rings.